The Labute approximate surface area is 118 Å². The zero-order chi connectivity index (χ0) is 14.7. The maximum absolute atomic E-state index is 12.3. The molecule has 3 atom stereocenters. The number of likely N-dealkylation sites (N-methyl/N-ethyl adjacent to an activating group) is 1. The van der Waals surface area contributed by atoms with Crippen LogP contribution in [-0.4, -0.2) is 77.0 Å². The van der Waals surface area contributed by atoms with E-state index in [2.05, 4.69) is 0 Å². The molecule has 2 aliphatic rings. The molecule has 2 fully saturated rings. The third-order valence-corrected chi connectivity index (χ3v) is 3.89. The van der Waals surface area contributed by atoms with Gasteiger partial charge >= 0.3 is 12.0 Å². The molecular formula is C13H22N2O5. The van der Waals surface area contributed by atoms with Gasteiger partial charge in [-0.1, -0.05) is 0 Å². The van der Waals surface area contributed by atoms with E-state index in [0.717, 1.165) is 19.3 Å². The van der Waals surface area contributed by atoms with Gasteiger partial charge in [0.25, 0.3) is 0 Å². The molecule has 2 rings (SSSR count). The number of hydrogen-bond acceptors (Lipinski definition) is 4. The van der Waals surface area contributed by atoms with E-state index >= 15 is 0 Å². The molecule has 0 aromatic rings. The van der Waals surface area contributed by atoms with Gasteiger partial charge in [0.05, 0.1) is 12.2 Å². The van der Waals surface area contributed by atoms with Crippen LogP contribution in [0.15, 0.2) is 0 Å². The second-order valence-electron chi connectivity index (χ2n) is 5.55. The van der Waals surface area contributed by atoms with Crippen LogP contribution >= 0.6 is 0 Å². The molecule has 7 nitrogen and oxygen atoms in total. The van der Waals surface area contributed by atoms with Crippen molar-refractivity contribution in [3.05, 3.63) is 0 Å². The first kappa shape index (κ1) is 15.1. The van der Waals surface area contributed by atoms with E-state index in [0.29, 0.717) is 13.2 Å². The Hall–Kier alpha value is -1.34. The van der Waals surface area contributed by atoms with E-state index in [4.69, 9.17) is 9.84 Å². The van der Waals surface area contributed by atoms with Crippen LogP contribution < -0.4 is 0 Å². The quantitative estimate of drug-likeness (QED) is 0.769. The molecule has 114 valence electrons. The predicted molar refractivity (Wildman–Crippen MR) is 70.4 cm³/mol. The van der Waals surface area contributed by atoms with Crippen LogP contribution in [0.5, 0.6) is 0 Å². The summed E-state index contributed by atoms with van der Waals surface area (Å²) in [6.45, 7) is 1.25. The normalized spacial score (nSPS) is 30.3. The minimum Gasteiger partial charge on any atom is -0.480 e. The van der Waals surface area contributed by atoms with Crippen LogP contribution in [0.4, 0.5) is 4.79 Å². The summed E-state index contributed by atoms with van der Waals surface area (Å²) < 4.78 is 5.58. The van der Waals surface area contributed by atoms with Gasteiger partial charge in [0, 0.05) is 33.2 Å². The highest BCUT2D eigenvalue weighted by Crippen LogP contribution is 2.20. The van der Waals surface area contributed by atoms with E-state index in [9.17, 15) is 14.7 Å². The minimum absolute atomic E-state index is 0.0218. The number of aliphatic hydroxyl groups excluding tert-OH is 1. The zero-order valence-corrected chi connectivity index (χ0v) is 11.7. The monoisotopic (exact) mass is 286 g/mol. The average Bonchev–Trinajstić information content (AvgIpc) is 2.81. The number of rotatable bonds is 3. The Morgan fingerprint density at radius 3 is 2.75 bits per heavy atom. The molecule has 20 heavy (non-hydrogen) atoms. The highest BCUT2D eigenvalue weighted by molar-refractivity contribution is 5.83. The molecule has 0 spiro atoms. The van der Waals surface area contributed by atoms with Gasteiger partial charge in [-0.15, -0.1) is 0 Å². The predicted octanol–water partition coefficient (Wildman–Crippen LogP) is 0.127. The largest absolute Gasteiger partial charge is 0.480 e. The van der Waals surface area contributed by atoms with E-state index < -0.39 is 18.1 Å². The van der Waals surface area contributed by atoms with Crippen molar-refractivity contribution in [3.8, 4) is 0 Å². The third-order valence-electron chi connectivity index (χ3n) is 3.89. The molecule has 2 N–H and O–H groups in total. The fraction of sp³-hybridized carbons (Fsp3) is 0.846. The number of carbonyl (C=O) groups excluding carboxylic acids is 1. The average molecular weight is 286 g/mol. The molecule has 0 saturated carbocycles. The number of aliphatic hydroxyl groups is 1. The summed E-state index contributed by atoms with van der Waals surface area (Å²) in [6.07, 6.45) is 2.41. The van der Waals surface area contributed by atoms with Crippen LogP contribution in [0.3, 0.4) is 0 Å². The number of carboxylic acids is 1. The molecule has 1 unspecified atom stereocenters. The maximum atomic E-state index is 12.3. The van der Waals surface area contributed by atoms with E-state index in [-0.39, 0.29) is 25.1 Å². The van der Waals surface area contributed by atoms with Gasteiger partial charge in [0.1, 0.15) is 6.04 Å². The Morgan fingerprint density at radius 1 is 1.40 bits per heavy atom. The van der Waals surface area contributed by atoms with Crippen molar-refractivity contribution in [1.29, 1.82) is 0 Å². The van der Waals surface area contributed by atoms with Gasteiger partial charge in [-0.3, -0.25) is 0 Å². The molecule has 0 bridgehead atoms. The standard InChI is InChI=1S/C13H22N2O5/c1-14(8-10-4-2-3-5-20-10)13(19)15-7-9(16)6-11(15)12(17)18/h9-11,16H,2-8H2,1H3,(H,17,18)/t9-,10?,11+/m1/s1. The summed E-state index contributed by atoms with van der Waals surface area (Å²) in [5.74, 6) is -1.07. The van der Waals surface area contributed by atoms with Gasteiger partial charge in [0.2, 0.25) is 0 Å². The topological polar surface area (TPSA) is 90.3 Å². The fourth-order valence-electron chi connectivity index (χ4n) is 2.81. The van der Waals surface area contributed by atoms with Gasteiger partial charge in [-0.2, -0.15) is 0 Å². The van der Waals surface area contributed by atoms with Crippen molar-refractivity contribution < 1.29 is 24.5 Å². The first-order chi connectivity index (χ1) is 9.49. The highest BCUT2D eigenvalue weighted by atomic mass is 16.5. The lowest BCUT2D eigenvalue weighted by molar-refractivity contribution is -0.141. The number of β-amino-alcohol motifs (C(OH)–C–C–N with tert-alkyl or cyclic N) is 1. The lowest BCUT2D eigenvalue weighted by Gasteiger charge is -2.31. The molecule has 2 aliphatic heterocycles. The van der Waals surface area contributed by atoms with E-state index in [1.165, 1.54) is 9.80 Å². The first-order valence-electron chi connectivity index (χ1n) is 7.03. The summed E-state index contributed by atoms with van der Waals surface area (Å²) in [5.41, 5.74) is 0. The molecule has 2 heterocycles. The summed E-state index contributed by atoms with van der Waals surface area (Å²) >= 11 is 0. The second-order valence-corrected chi connectivity index (χ2v) is 5.55. The zero-order valence-electron chi connectivity index (χ0n) is 11.7. The Kier molecular flexibility index (Phi) is 4.82. The third kappa shape index (κ3) is 3.40. The van der Waals surface area contributed by atoms with Crippen molar-refractivity contribution in [2.75, 3.05) is 26.7 Å². The van der Waals surface area contributed by atoms with Gasteiger partial charge in [-0.05, 0) is 19.3 Å². The maximum Gasteiger partial charge on any atom is 0.326 e. The van der Waals surface area contributed by atoms with Crippen molar-refractivity contribution >= 4 is 12.0 Å². The molecular weight excluding hydrogens is 264 g/mol. The summed E-state index contributed by atoms with van der Waals surface area (Å²) in [4.78, 5) is 26.1. The van der Waals surface area contributed by atoms with Crippen molar-refractivity contribution in [3.63, 3.8) is 0 Å². The molecule has 2 saturated heterocycles. The highest BCUT2D eigenvalue weighted by Gasteiger charge is 2.40. The van der Waals surface area contributed by atoms with Crippen LogP contribution in [0.2, 0.25) is 0 Å². The van der Waals surface area contributed by atoms with Crippen molar-refractivity contribution in [1.82, 2.24) is 9.80 Å². The van der Waals surface area contributed by atoms with Crippen molar-refractivity contribution in [2.45, 2.75) is 43.9 Å². The first-order valence-corrected chi connectivity index (χ1v) is 7.03. The lowest BCUT2D eigenvalue weighted by Crippen LogP contribution is -2.49. The van der Waals surface area contributed by atoms with Gasteiger partial charge in [0.15, 0.2) is 0 Å². The van der Waals surface area contributed by atoms with E-state index in [1.807, 2.05) is 0 Å². The number of amides is 2. The molecule has 7 heteroatoms. The Balaban J connectivity index is 1.93. The summed E-state index contributed by atoms with van der Waals surface area (Å²) in [6, 6.07) is -1.30. The number of hydrogen-bond donors (Lipinski definition) is 2. The van der Waals surface area contributed by atoms with Crippen molar-refractivity contribution in [2.24, 2.45) is 0 Å². The van der Waals surface area contributed by atoms with Crippen LogP contribution in [0.25, 0.3) is 0 Å². The number of ether oxygens (including phenoxy) is 1. The number of aliphatic carboxylic acids is 1. The van der Waals surface area contributed by atoms with E-state index in [1.54, 1.807) is 7.05 Å². The Morgan fingerprint density at radius 2 is 2.15 bits per heavy atom. The van der Waals surface area contributed by atoms with Crippen LogP contribution in [0, 0.1) is 0 Å². The van der Waals surface area contributed by atoms with Crippen LogP contribution in [0.1, 0.15) is 25.7 Å². The minimum atomic E-state index is -1.07. The van der Waals surface area contributed by atoms with Gasteiger partial charge < -0.3 is 24.7 Å². The molecule has 2 amide bonds. The summed E-state index contributed by atoms with van der Waals surface area (Å²) in [5, 5.41) is 18.7. The fourth-order valence-corrected chi connectivity index (χ4v) is 2.81. The number of nitrogens with zero attached hydrogens (tertiary/aromatic N) is 2. The molecule has 0 radical (unpaired) electrons. The van der Waals surface area contributed by atoms with Crippen LogP contribution in [-0.2, 0) is 9.53 Å². The number of carboxylic acid groups (broad SMARTS) is 1. The molecule has 0 aromatic carbocycles. The SMILES string of the molecule is CN(CC1CCCCO1)C(=O)N1C[C@H](O)C[C@H]1C(=O)O. The number of urea groups is 1. The molecule has 0 aliphatic carbocycles. The Bertz CT molecular complexity index is 370. The summed E-state index contributed by atoms with van der Waals surface area (Å²) in [7, 11) is 1.64. The smallest absolute Gasteiger partial charge is 0.326 e. The second kappa shape index (κ2) is 6.41. The lowest BCUT2D eigenvalue weighted by atomic mass is 10.1. The number of carbonyl (C=O) groups is 2. The molecule has 0 aromatic heterocycles. The number of likely N-dealkylation sites (tertiary alicyclic amines) is 1. The van der Waals surface area contributed by atoms with Gasteiger partial charge in [-0.25, -0.2) is 9.59 Å².